The summed E-state index contributed by atoms with van der Waals surface area (Å²) in [6, 6.07) is 19.3. The first kappa shape index (κ1) is 26.9. The summed E-state index contributed by atoms with van der Waals surface area (Å²) in [5.41, 5.74) is 0.691. The van der Waals surface area contributed by atoms with Crippen molar-refractivity contribution in [2.24, 2.45) is 0 Å². The molecule has 11 nitrogen and oxygen atoms in total. The highest BCUT2D eigenvalue weighted by atomic mass is 32.2. The third-order valence-corrected chi connectivity index (χ3v) is 6.56. The Morgan fingerprint density at radius 2 is 1.77 bits per heavy atom. The van der Waals surface area contributed by atoms with Crippen LogP contribution in [0.1, 0.15) is 17.2 Å². The SMILES string of the molecule is COc1ccc(OCc2ccc(/C=C(\C#N)C(=O)Nc3ccc(S(=O)(=O)Nc4nccc(C)n4)cc3)o2)cc1. The van der Waals surface area contributed by atoms with E-state index in [1.807, 2.05) is 6.07 Å². The molecule has 0 saturated heterocycles. The van der Waals surface area contributed by atoms with Crippen LogP contribution in [0.2, 0.25) is 0 Å². The number of amides is 1. The van der Waals surface area contributed by atoms with Crippen molar-refractivity contribution < 1.29 is 27.1 Å². The van der Waals surface area contributed by atoms with Gasteiger partial charge in [0.15, 0.2) is 0 Å². The van der Waals surface area contributed by atoms with E-state index in [0.29, 0.717) is 34.4 Å². The lowest BCUT2D eigenvalue weighted by Crippen LogP contribution is -2.16. The zero-order valence-corrected chi connectivity index (χ0v) is 21.7. The van der Waals surface area contributed by atoms with Crippen molar-refractivity contribution in [2.45, 2.75) is 18.4 Å². The quantitative estimate of drug-likeness (QED) is 0.219. The molecule has 0 aliphatic heterocycles. The van der Waals surface area contributed by atoms with E-state index in [0.717, 1.165) is 0 Å². The van der Waals surface area contributed by atoms with Crippen molar-refractivity contribution in [3.8, 4) is 17.6 Å². The minimum Gasteiger partial charge on any atom is -0.497 e. The Morgan fingerprint density at radius 1 is 1.05 bits per heavy atom. The average molecular weight is 546 g/mol. The summed E-state index contributed by atoms with van der Waals surface area (Å²) < 4.78 is 43.9. The second-order valence-electron chi connectivity index (χ2n) is 8.04. The fraction of sp³-hybridized carbons (Fsp3) is 0.111. The predicted octanol–water partition coefficient (Wildman–Crippen LogP) is 4.31. The molecule has 2 N–H and O–H groups in total. The van der Waals surface area contributed by atoms with Crippen LogP contribution >= 0.6 is 0 Å². The third kappa shape index (κ3) is 7.21. The van der Waals surface area contributed by atoms with Gasteiger partial charge in [-0.05, 0) is 73.7 Å². The number of anilines is 2. The molecule has 12 heteroatoms. The number of nitriles is 1. The van der Waals surface area contributed by atoms with Gasteiger partial charge in [0.2, 0.25) is 5.95 Å². The van der Waals surface area contributed by atoms with Crippen LogP contribution in [0.4, 0.5) is 11.6 Å². The number of hydrogen-bond donors (Lipinski definition) is 2. The van der Waals surface area contributed by atoms with Crippen LogP contribution in [0.3, 0.4) is 0 Å². The Labute approximate surface area is 224 Å². The number of nitrogens with zero attached hydrogens (tertiary/aromatic N) is 3. The number of carbonyl (C=O) groups is 1. The lowest BCUT2D eigenvalue weighted by molar-refractivity contribution is -0.112. The number of hydrogen-bond acceptors (Lipinski definition) is 9. The van der Waals surface area contributed by atoms with Gasteiger partial charge in [0.1, 0.15) is 41.3 Å². The summed E-state index contributed by atoms with van der Waals surface area (Å²) in [6.07, 6.45) is 2.75. The lowest BCUT2D eigenvalue weighted by atomic mass is 10.2. The Bertz CT molecular complexity index is 1640. The number of sulfonamides is 1. The largest absolute Gasteiger partial charge is 0.497 e. The van der Waals surface area contributed by atoms with Gasteiger partial charge in [0.05, 0.1) is 12.0 Å². The number of aromatic nitrogens is 2. The van der Waals surface area contributed by atoms with Gasteiger partial charge in [-0.3, -0.25) is 4.79 Å². The number of methoxy groups -OCH3 is 1. The third-order valence-electron chi connectivity index (χ3n) is 5.22. The molecule has 2 aromatic heterocycles. The molecule has 198 valence electrons. The minimum atomic E-state index is -3.94. The summed E-state index contributed by atoms with van der Waals surface area (Å²) in [5.74, 6) is 1.38. The van der Waals surface area contributed by atoms with Gasteiger partial charge < -0.3 is 19.2 Å². The summed E-state index contributed by atoms with van der Waals surface area (Å²) >= 11 is 0. The zero-order chi connectivity index (χ0) is 27.8. The van der Waals surface area contributed by atoms with Crippen LogP contribution in [-0.2, 0) is 21.4 Å². The first-order valence-corrected chi connectivity index (χ1v) is 13.0. The van der Waals surface area contributed by atoms with Crippen molar-refractivity contribution >= 4 is 33.6 Å². The molecular weight excluding hydrogens is 522 g/mol. The van der Waals surface area contributed by atoms with Gasteiger partial charge in [-0.25, -0.2) is 23.1 Å². The highest BCUT2D eigenvalue weighted by molar-refractivity contribution is 7.92. The standard InChI is InChI=1S/C27H23N5O6S/c1-18-13-14-29-27(30-18)32-39(34,35)25-11-3-20(4-12-25)31-26(33)19(16-28)15-23-9-10-24(38-23)17-37-22-7-5-21(36-2)6-8-22/h3-15H,17H2,1-2H3,(H,31,33)(H,29,30,32)/b19-15+. The van der Waals surface area contributed by atoms with Gasteiger partial charge in [-0.1, -0.05) is 0 Å². The number of aryl methyl sites for hydroxylation is 1. The second-order valence-corrected chi connectivity index (χ2v) is 9.73. The number of carbonyl (C=O) groups excluding carboxylic acids is 1. The van der Waals surface area contributed by atoms with Crippen molar-refractivity contribution in [2.75, 3.05) is 17.1 Å². The van der Waals surface area contributed by atoms with E-state index in [1.54, 1.807) is 56.5 Å². The van der Waals surface area contributed by atoms with E-state index in [-0.39, 0.29) is 23.0 Å². The van der Waals surface area contributed by atoms with E-state index in [9.17, 15) is 18.5 Å². The van der Waals surface area contributed by atoms with Crippen molar-refractivity contribution in [1.82, 2.24) is 9.97 Å². The van der Waals surface area contributed by atoms with Gasteiger partial charge in [-0.2, -0.15) is 5.26 Å². The molecule has 39 heavy (non-hydrogen) atoms. The molecule has 2 heterocycles. The number of benzene rings is 2. The Balaban J connectivity index is 1.37. The van der Waals surface area contributed by atoms with Crippen LogP contribution in [0.25, 0.3) is 6.08 Å². The maximum Gasteiger partial charge on any atom is 0.266 e. The van der Waals surface area contributed by atoms with E-state index >= 15 is 0 Å². The molecule has 0 spiro atoms. The van der Waals surface area contributed by atoms with Crippen molar-refractivity contribution in [1.29, 1.82) is 5.26 Å². The maximum absolute atomic E-state index is 12.6. The Hall–Kier alpha value is -5.15. The predicted molar refractivity (Wildman–Crippen MR) is 142 cm³/mol. The molecule has 2 aromatic carbocycles. The summed E-state index contributed by atoms with van der Waals surface area (Å²) in [6.45, 7) is 1.86. The molecule has 0 atom stereocenters. The van der Waals surface area contributed by atoms with E-state index in [1.165, 1.54) is 36.5 Å². The van der Waals surface area contributed by atoms with Gasteiger partial charge >= 0.3 is 0 Å². The lowest BCUT2D eigenvalue weighted by Gasteiger charge is -2.08. The summed E-state index contributed by atoms with van der Waals surface area (Å²) in [5, 5.41) is 12.1. The maximum atomic E-state index is 12.6. The molecule has 0 aliphatic carbocycles. The highest BCUT2D eigenvalue weighted by Gasteiger charge is 2.17. The number of furan rings is 1. The molecule has 0 radical (unpaired) electrons. The average Bonchev–Trinajstić information content (AvgIpc) is 3.38. The molecule has 0 saturated carbocycles. The van der Waals surface area contributed by atoms with Gasteiger partial charge in [0.25, 0.3) is 15.9 Å². The monoisotopic (exact) mass is 545 g/mol. The van der Waals surface area contributed by atoms with Crippen LogP contribution in [0.15, 0.2) is 87.8 Å². The highest BCUT2D eigenvalue weighted by Crippen LogP contribution is 2.21. The van der Waals surface area contributed by atoms with Crippen molar-refractivity contribution in [3.05, 3.63) is 95.7 Å². The fourth-order valence-corrected chi connectivity index (χ4v) is 4.21. The molecule has 0 unspecified atom stereocenters. The molecule has 0 bridgehead atoms. The normalized spacial score (nSPS) is 11.4. The van der Waals surface area contributed by atoms with Crippen molar-refractivity contribution in [3.63, 3.8) is 0 Å². The van der Waals surface area contributed by atoms with Crippen LogP contribution in [0.5, 0.6) is 11.5 Å². The number of rotatable bonds is 10. The minimum absolute atomic E-state index is 0.0513. The smallest absolute Gasteiger partial charge is 0.266 e. The summed E-state index contributed by atoms with van der Waals surface area (Å²) in [7, 11) is -2.36. The van der Waals surface area contributed by atoms with E-state index in [2.05, 4.69) is 20.0 Å². The van der Waals surface area contributed by atoms with E-state index < -0.39 is 15.9 Å². The Morgan fingerprint density at radius 3 is 2.44 bits per heavy atom. The van der Waals surface area contributed by atoms with Crippen LogP contribution < -0.4 is 19.5 Å². The first-order chi connectivity index (χ1) is 18.8. The topological polar surface area (TPSA) is 156 Å². The first-order valence-electron chi connectivity index (χ1n) is 11.5. The zero-order valence-electron chi connectivity index (χ0n) is 20.9. The molecule has 1 amide bonds. The fourth-order valence-electron chi connectivity index (χ4n) is 3.26. The van der Waals surface area contributed by atoms with Crippen LogP contribution in [-0.4, -0.2) is 31.4 Å². The van der Waals surface area contributed by atoms with Gasteiger partial charge in [0, 0.05) is 23.7 Å². The van der Waals surface area contributed by atoms with E-state index in [4.69, 9.17) is 13.9 Å². The molecular formula is C27H23N5O6S. The molecule has 0 fully saturated rings. The van der Waals surface area contributed by atoms with Gasteiger partial charge in [-0.15, -0.1) is 0 Å². The summed E-state index contributed by atoms with van der Waals surface area (Å²) in [4.78, 5) is 20.5. The molecule has 4 rings (SSSR count). The molecule has 0 aliphatic rings. The number of ether oxygens (including phenoxy) is 2. The number of nitrogens with one attached hydrogen (secondary N) is 2. The molecule has 4 aromatic rings. The second kappa shape index (κ2) is 11.9. The Kier molecular flexibility index (Phi) is 8.23. The van der Waals surface area contributed by atoms with Crippen LogP contribution in [0, 0.1) is 18.3 Å².